The summed E-state index contributed by atoms with van der Waals surface area (Å²) in [6.45, 7) is 3.29. The highest BCUT2D eigenvalue weighted by Crippen LogP contribution is 2.30. The number of rotatable bonds is 5. The van der Waals surface area contributed by atoms with Crippen molar-refractivity contribution < 1.29 is 23.1 Å². The van der Waals surface area contributed by atoms with Crippen LogP contribution < -0.4 is 4.90 Å². The van der Waals surface area contributed by atoms with E-state index in [4.69, 9.17) is 10.4 Å². The highest BCUT2D eigenvalue weighted by Gasteiger charge is 2.33. The smallest absolute Gasteiger partial charge is 0.433 e. The minimum absolute atomic E-state index is 0.0255. The van der Waals surface area contributed by atoms with Crippen molar-refractivity contribution in [2.45, 2.75) is 20.0 Å². The molecule has 0 fully saturated rings. The minimum atomic E-state index is -4.62. The number of nitriles is 1. The van der Waals surface area contributed by atoms with E-state index in [1.165, 1.54) is 11.8 Å². The number of anilines is 1. The predicted octanol–water partition coefficient (Wildman–Crippen LogP) is 2.52. The molecule has 1 aromatic heterocycles. The van der Waals surface area contributed by atoms with Crippen LogP contribution in [0.5, 0.6) is 0 Å². The third-order valence-electron chi connectivity index (χ3n) is 2.88. The van der Waals surface area contributed by atoms with Crippen LogP contribution in [-0.2, 0) is 11.0 Å². The molecule has 0 aliphatic heterocycles. The minimum Gasteiger partial charge on any atom is -0.481 e. The average Bonchev–Trinajstić information content (AvgIpc) is 2.42. The van der Waals surface area contributed by atoms with Crippen molar-refractivity contribution in [2.75, 3.05) is 18.0 Å². The van der Waals surface area contributed by atoms with Crippen molar-refractivity contribution in [2.24, 2.45) is 5.92 Å². The third-order valence-corrected chi connectivity index (χ3v) is 2.88. The van der Waals surface area contributed by atoms with Crippen molar-refractivity contribution in [1.82, 2.24) is 4.98 Å². The van der Waals surface area contributed by atoms with E-state index in [9.17, 15) is 18.0 Å². The first-order valence-corrected chi connectivity index (χ1v) is 6.16. The molecule has 1 rings (SSSR count). The molecule has 0 spiro atoms. The molecular weight excluding hydrogens is 287 g/mol. The van der Waals surface area contributed by atoms with Crippen molar-refractivity contribution in [3.8, 4) is 6.07 Å². The Morgan fingerprint density at radius 1 is 1.52 bits per heavy atom. The van der Waals surface area contributed by atoms with Gasteiger partial charge in [-0.2, -0.15) is 18.4 Å². The number of hydrogen-bond donors (Lipinski definition) is 1. The van der Waals surface area contributed by atoms with Crippen LogP contribution in [0, 0.1) is 17.2 Å². The van der Waals surface area contributed by atoms with Crippen molar-refractivity contribution in [3.63, 3.8) is 0 Å². The van der Waals surface area contributed by atoms with E-state index in [-0.39, 0.29) is 24.5 Å². The van der Waals surface area contributed by atoms with Gasteiger partial charge in [-0.3, -0.25) is 4.79 Å². The Bertz CT molecular complexity index is 567. The van der Waals surface area contributed by atoms with Gasteiger partial charge in [0.25, 0.3) is 0 Å². The molecule has 1 atom stereocenters. The molecule has 114 valence electrons. The zero-order chi connectivity index (χ0) is 16.2. The highest BCUT2D eigenvalue weighted by atomic mass is 19.4. The zero-order valence-corrected chi connectivity index (χ0v) is 11.5. The summed E-state index contributed by atoms with van der Waals surface area (Å²) < 4.78 is 38.1. The van der Waals surface area contributed by atoms with Gasteiger partial charge in [0.15, 0.2) is 0 Å². The summed E-state index contributed by atoms with van der Waals surface area (Å²) in [5.41, 5.74) is -1.14. The summed E-state index contributed by atoms with van der Waals surface area (Å²) in [5, 5.41) is 17.9. The van der Waals surface area contributed by atoms with Gasteiger partial charge in [-0.25, -0.2) is 4.98 Å². The molecule has 1 heterocycles. The highest BCUT2D eigenvalue weighted by molar-refractivity contribution is 5.70. The van der Waals surface area contributed by atoms with Crippen molar-refractivity contribution in [1.29, 1.82) is 5.26 Å². The lowest BCUT2D eigenvalue weighted by molar-refractivity contribution is -0.142. The lowest BCUT2D eigenvalue weighted by atomic mass is 10.1. The second-order valence-electron chi connectivity index (χ2n) is 4.46. The van der Waals surface area contributed by atoms with Gasteiger partial charge in [-0.05, 0) is 19.1 Å². The third kappa shape index (κ3) is 4.08. The van der Waals surface area contributed by atoms with Crippen LogP contribution in [0.15, 0.2) is 12.1 Å². The summed E-state index contributed by atoms with van der Waals surface area (Å²) >= 11 is 0. The molecule has 0 aliphatic carbocycles. The molecule has 1 N–H and O–H groups in total. The van der Waals surface area contributed by atoms with Gasteiger partial charge < -0.3 is 10.0 Å². The number of aromatic nitrogens is 1. The molecule has 0 saturated heterocycles. The summed E-state index contributed by atoms with van der Waals surface area (Å²) in [6.07, 6.45) is -4.62. The molecule has 0 amide bonds. The summed E-state index contributed by atoms with van der Waals surface area (Å²) in [6, 6.07) is 3.55. The molecule has 0 radical (unpaired) electrons. The Balaban J connectivity index is 3.24. The fourth-order valence-electron chi connectivity index (χ4n) is 1.71. The number of hydrogen-bond acceptors (Lipinski definition) is 4. The lowest BCUT2D eigenvalue weighted by Crippen LogP contribution is -2.33. The summed E-state index contributed by atoms with van der Waals surface area (Å²) in [7, 11) is 0. The van der Waals surface area contributed by atoms with Crippen LogP contribution in [0.4, 0.5) is 19.0 Å². The Labute approximate surface area is 119 Å². The van der Waals surface area contributed by atoms with Gasteiger partial charge in [0.2, 0.25) is 0 Å². The Hall–Kier alpha value is -2.30. The van der Waals surface area contributed by atoms with E-state index in [1.807, 2.05) is 0 Å². The largest absolute Gasteiger partial charge is 0.481 e. The second kappa shape index (κ2) is 6.43. The number of carbonyl (C=O) groups is 1. The van der Waals surface area contributed by atoms with Crippen molar-refractivity contribution >= 4 is 11.8 Å². The standard InChI is InChI=1S/C13H14F3N3O2/c1-3-19(7-8(2)12(20)21)11-9(6-17)4-5-10(18-11)13(14,15)16/h4-5,8H,3,7H2,1-2H3,(H,20,21). The molecule has 0 aliphatic rings. The van der Waals surface area contributed by atoms with E-state index in [1.54, 1.807) is 13.0 Å². The Morgan fingerprint density at radius 2 is 2.14 bits per heavy atom. The zero-order valence-electron chi connectivity index (χ0n) is 11.5. The fourth-order valence-corrected chi connectivity index (χ4v) is 1.71. The number of nitrogens with zero attached hydrogens (tertiary/aromatic N) is 3. The Morgan fingerprint density at radius 3 is 2.57 bits per heavy atom. The molecule has 21 heavy (non-hydrogen) atoms. The number of halogens is 3. The van der Waals surface area contributed by atoms with Gasteiger partial charge in [0.05, 0.1) is 11.5 Å². The SMILES string of the molecule is CCN(CC(C)C(=O)O)c1nc(C(F)(F)F)ccc1C#N. The number of pyridine rings is 1. The fraction of sp³-hybridized carbons (Fsp3) is 0.462. The number of carboxylic acids is 1. The van der Waals surface area contributed by atoms with Crippen LogP contribution in [-0.4, -0.2) is 29.1 Å². The Kier molecular flexibility index (Phi) is 5.13. The molecular formula is C13H14F3N3O2. The maximum atomic E-state index is 12.7. The predicted molar refractivity (Wildman–Crippen MR) is 68.6 cm³/mol. The van der Waals surface area contributed by atoms with Crippen LogP contribution in [0.1, 0.15) is 25.1 Å². The topological polar surface area (TPSA) is 77.2 Å². The first-order chi connectivity index (χ1) is 9.70. The van der Waals surface area contributed by atoms with Crippen LogP contribution >= 0.6 is 0 Å². The maximum Gasteiger partial charge on any atom is 0.433 e. The van der Waals surface area contributed by atoms with E-state index in [2.05, 4.69) is 4.98 Å². The summed E-state index contributed by atoms with van der Waals surface area (Å²) in [5.74, 6) is -2.02. The van der Waals surface area contributed by atoms with Crippen LogP contribution in [0.3, 0.4) is 0 Å². The molecule has 1 aromatic rings. The molecule has 0 saturated carbocycles. The van der Waals surface area contributed by atoms with E-state index in [0.29, 0.717) is 0 Å². The molecule has 1 unspecified atom stereocenters. The quantitative estimate of drug-likeness (QED) is 0.904. The van der Waals surface area contributed by atoms with E-state index < -0.39 is 23.8 Å². The monoisotopic (exact) mass is 301 g/mol. The first kappa shape index (κ1) is 16.8. The van der Waals surface area contributed by atoms with Gasteiger partial charge in [0, 0.05) is 13.1 Å². The van der Waals surface area contributed by atoms with Crippen molar-refractivity contribution in [3.05, 3.63) is 23.4 Å². The molecule has 5 nitrogen and oxygen atoms in total. The van der Waals surface area contributed by atoms with E-state index >= 15 is 0 Å². The number of carboxylic acid groups (broad SMARTS) is 1. The first-order valence-electron chi connectivity index (χ1n) is 6.16. The van der Waals surface area contributed by atoms with Crippen LogP contribution in [0.25, 0.3) is 0 Å². The number of aliphatic carboxylic acids is 1. The van der Waals surface area contributed by atoms with E-state index in [0.717, 1.165) is 12.1 Å². The van der Waals surface area contributed by atoms with Gasteiger partial charge in [0.1, 0.15) is 17.6 Å². The van der Waals surface area contributed by atoms with Gasteiger partial charge in [-0.15, -0.1) is 0 Å². The molecule has 8 heteroatoms. The second-order valence-corrected chi connectivity index (χ2v) is 4.46. The average molecular weight is 301 g/mol. The van der Waals surface area contributed by atoms with Crippen LogP contribution in [0.2, 0.25) is 0 Å². The maximum absolute atomic E-state index is 12.7. The molecule has 0 aromatic carbocycles. The normalized spacial score (nSPS) is 12.6. The van der Waals surface area contributed by atoms with Gasteiger partial charge in [-0.1, -0.05) is 6.92 Å². The molecule has 0 bridgehead atoms. The lowest BCUT2D eigenvalue weighted by Gasteiger charge is -2.25. The summed E-state index contributed by atoms with van der Waals surface area (Å²) in [4.78, 5) is 15.7. The van der Waals surface area contributed by atoms with Gasteiger partial charge >= 0.3 is 12.1 Å². The number of alkyl halides is 3.